The molecule has 0 radical (unpaired) electrons. The molecule has 2 heterocycles. The lowest BCUT2D eigenvalue weighted by molar-refractivity contribution is -0.119. The molecule has 1 atom stereocenters. The van der Waals surface area contributed by atoms with Crippen LogP contribution in [0.4, 0.5) is 5.69 Å². The summed E-state index contributed by atoms with van der Waals surface area (Å²) in [6.07, 6.45) is 7.24. The van der Waals surface area contributed by atoms with Crippen molar-refractivity contribution in [3.63, 3.8) is 0 Å². The fourth-order valence-electron chi connectivity index (χ4n) is 2.46. The van der Waals surface area contributed by atoms with Crippen molar-refractivity contribution in [1.29, 1.82) is 0 Å². The van der Waals surface area contributed by atoms with E-state index in [-0.39, 0.29) is 11.9 Å². The molecule has 0 fully saturated rings. The Labute approximate surface area is 139 Å². The Hall–Kier alpha value is -3.16. The predicted molar refractivity (Wildman–Crippen MR) is 88.1 cm³/mol. The van der Waals surface area contributed by atoms with Crippen molar-refractivity contribution in [2.45, 2.75) is 19.4 Å². The van der Waals surface area contributed by atoms with Crippen molar-refractivity contribution in [1.82, 2.24) is 24.5 Å². The summed E-state index contributed by atoms with van der Waals surface area (Å²) in [6.45, 7) is 1.94. The molecule has 24 heavy (non-hydrogen) atoms. The predicted octanol–water partition coefficient (Wildman–Crippen LogP) is 2.06. The molecule has 124 valence electrons. The zero-order valence-corrected chi connectivity index (χ0v) is 13.5. The maximum absolute atomic E-state index is 12.6. The molecule has 3 aromatic rings. The summed E-state index contributed by atoms with van der Waals surface area (Å²) in [5.74, 6) is 0.427. The third-order valence-corrected chi connectivity index (χ3v) is 3.69. The highest BCUT2D eigenvalue weighted by Crippen LogP contribution is 2.28. The van der Waals surface area contributed by atoms with Crippen molar-refractivity contribution in [2.24, 2.45) is 0 Å². The molecule has 8 heteroatoms. The molecule has 0 aliphatic heterocycles. The average Bonchev–Trinajstić information content (AvgIpc) is 3.29. The summed E-state index contributed by atoms with van der Waals surface area (Å²) < 4.78 is 8.74. The van der Waals surface area contributed by atoms with Gasteiger partial charge < -0.3 is 10.1 Å². The Morgan fingerprint density at radius 3 is 2.75 bits per heavy atom. The number of nitrogens with zero attached hydrogens (tertiary/aromatic N) is 5. The van der Waals surface area contributed by atoms with Gasteiger partial charge in [0.15, 0.2) is 0 Å². The molecule has 0 saturated carbocycles. The fourth-order valence-corrected chi connectivity index (χ4v) is 2.46. The fraction of sp³-hybridized carbons (Fsp3) is 0.250. The zero-order valence-electron chi connectivity index (χ0n) is 13.5. The minimum absolute atomic E-state index is 0.152. The smallest absolute Gasteiger partial charge is 0.249 e. The van der Waals surface area contributed by atoms with E-state index in [0.717, 1.165) is 5.69 Å². The number of nitrogens with one attached hydrogen (secondary N) is 1. The van der Waals surface area contributed by atoms with E-state index in [1.165, 1.54) is 0 Å². The molecule has 8 nitrogen and oxygen atoms in total. The Bertz CT molecular complexity index is 798. The summed E-state index contributed by atoms with van der Waals surface area (Å²) in [4.78, 5) is 12.6. The van der Waals surface area contributed by atoms with Crippen molar-refractivity contribution < 1.29 is 9.53 Å². The minimum Gasteiger partial charge on any atom is -0.495 e. The Kier molecular flexibility index (Phi) is 4.55. The van der Waals surface area contributed by atoms with Gasteiger partial charge in [0.1, 0.15) is 24.4 Å². The van der Waals surface area contributed by atoms with Gasteiger partial charge in [-0.1, -0.05) is 6.92 Å². The van der Waals surface area contributed by atoms with E-state index >= 15 is 0 Å². The van der Waals surface area contributed by atoms with Gasteiger partial charge in [0.05, 0.1) is 18.5 Å². The van der Waals surface area contributed by atoms with Crippen LogP contribution >= 0.6 is 0 Å². The van der Waals surface area contributed by atoms with Crippen LogP contribution in [0.25, 0.3) is 5.69 Å². The summed E-state index contributed by atoms with van der Waals surface area (Å²) in [5, 5.41) is 14.7. The first-order valence-corrected chi connectivity index (χ1v) is 7.56. The molecule has 1 unspecified atom stereocenters. The summed E-state index contributed by atoms with van der Waals surface area (Å²) in [5.41, 5.74) is 1.41. The maximum atomic E-state index is 12.6. The standard InChI is InChI=1S/C16H18N6O2/c1-3-14(22-8-4-7-19-22)16(23)20-13-9-12(5-6-15(13)24-2)21-10-17-18-11-21/h4-11,14H,3H2,1-2H3,(H,20,23). The zero-order chi connectivity index (χ0) is 16.9. The highest BCUT2D eigenvalue weighted by Gasteiger charge is 2.20. The molecule has 0 aliphatic rings. The first-order chi connectivity index (χ1) is 11.7. The van der Waals surface area contributed by atoms with Gasteiger partial charge in [0, 0.05) is 12.4 Å². The van der Waals surface area contributed by atoms with E-state index < -0.39 is 0 Å². The lowest BCUT2D eigenvalue weighted by Gasteiger charge is -2.17. The molecule has 0 spiro atoms. The van der Waals surface area contributed by atoms with Crippen LogP contribution in [0.1, 0.15) is 19.4 Å². The highest BCUT2D eigenvalue weighted by molar-refractivity contribution is 5.95. The largest absolute Gasteiger partial charge is 0.495 e. The molecule has 2 aromatic heterocycles. The van der Waals surface area contributed by atoms with Crippen molar-refractivity contribution >= 4 is 11.6 Å². The van der Waals surface area contributed by atoms with Gasteiger partial charge >= 0.3 is 0 Å². The molecule has 0 saturated heterocycles. The van der Waals surface area contributed by atoms with Crippen LogP contribution in [0.5, 0.6) is 5.75 Å². The van der Waals surface area contributed by atoms with Gasteiger partial charge in [-0.3, -0.25) is 14.0 Å². The molecule has 0 bridgehead atoms. The Morgan fingerprint density at radius 1 is 1.33 bits per heavy atom. The van der Waals surface area contributed by atoms with Crippen LogP contribution < -0.4 is 10.1 Å². The van der Waals surface area contributed by atoms with E-state index in [0.29, 0.717) is 17.9 Å². The van der Waals surface area contributed by atoms with E-state index in [1.807, 2.05) is 19.1 Å². The lowest BCUT2D eigenvalue weighted by Crippen LogP contribution is -2.26. The molecular weight excluding hydrogens is 308 g/mol. The summed E-state index contributed by atoms with van der Waals surface area (Å²) >= 11 is 0. The third kappa shape index (κ3) is 3.12. The lowest BCUT2D eigenvalue weighted by atomic mass is 10.2. The Balaban J connectivity index is 1.87. The number of aromatic nitrogens is 5. The monoisotopic (exact) mass is 326 g/mol. The van der Waals surface area contributed by atoms with Gasteiger partial charge in [-0.2, -0.15) is 5.10 Å². The molecule has 1 aromatic carbocycles. The number of carbonyl (C=O) groups is 1. The van der Waals surface area contributed by atoms with E-state index in [1.54, 1.807) is 53.5 Å². The van der Waals surface area contributed by atoms with Gasteiger partial charge in [0.25, 0.3) is 0 Å². The highest BCUT2D eigenvalue weighted by atomic mass is 16.5. The first kappa shape index (κ1) is 15.7. The molecule has 0 aliphatic carbocycles. The number of benzene rings is 1. The number of ether oxygens (including phenoxy) is 1. The number of amides is 1. The number of carbonyl (C=O) groups excluding carboxylic acids is 1. The van der Waals surface area contributed by atoms with Gasteiger partial charge in [-0.25, -0.2) is 0 Å². The van der Waals surface area contributed by atoms with Crippen LogP contribution in [0.3, 0.4) is 0 Å². The SMILES string of the molecule is CCC(C(=O)Nc1cc(-n2cnnc2)ccc1OC)n1cccn1. The molecule has 1 amide bonds. The topological polar surface area (TPSA) is 86.9 Å². The number of methoxy groups -OCH3 is 1. The normalized spacial score (nSPS) is 11.9. The van der Waals surface area contributed by atoms with Crippen LogP contribution in [-0.4, -0.2) is 37.6 Å². The maximum Gasteiger partial charge on any atom is 0.249 e. The third-order valence-electron chi connectivity index (χ3n) is 3.69. The van der Waals surface area contributed by atoms with E-state index in [4.69, 9.17) is 4.74 Å². The Morgan fingerprint density at radius 2 is 2.12 bits per heavy atom. The second-order valence-electron chi connectivity index (χ2n) is 5.15. The van der Waals surface area contributed by atoms with Gasteiger partial charge in [-0.05, 0) is 30.7 Å². The van der Waals surface area contributed by atoms with Crippen LogP contribution in [0.2, 0.25) is 0 Å². The van der Waals surface area contributed by atoms with Crippen LogP contribution in [0.15, 0.2) is 49.3 Å². The van der Waals surface area contributed by atoms with Crippen LogP contribution in [-0.2, 0) is 4.79 Å². The molecular formula is C16H18N6O2. The van der Waals surface area contributed by atoms with Gasteiger partial charge in [0.2, 0.25) is 5.91 Å². The average molecular weight is 326 g/mol. The number of rotatable bonds is 6. The van der Waals surface area contributed by atoms with E-state index in [9.17, 15) is 4.79 Å². The van der Waals surface area contributed by atoms with Crippen molar-refractivity contribution in [3.8, 4) is 11.4 Å². The van der Waals surface area contributed by atoms with E-state index in [2.05, 4.69) is 20.6 Å². The van der Waals surface area contributed by atoms with Crippen molar-refractivity contribution in [3.05, 3.63) is 49.3 Å². The van der Waals surface area contributed by atoms with Gasteiger partial charge in [-0.15, -0.1) is 10.2 Å². The summed E-state index contributed by atoms with van der Waals surface area (Å²) in [7, 11) is 1.56. The van der Waals surface area contributed by atoms with Crippen molar-refractivity contribution in [2.75, 3.05) is 12.4 Å². The summed E-state index contributed by atoms with van der Waals surface area (Å²) in [6, 6.07) is 6.88. The molecule has 1 N–H and O–H groups in total. The first-order valence-electron chi connectivity index (χ1n) is 7.56. The number of hydrogen-bond donors (Lipinski definition) is 1. The number of anilines is 1. The van der Waals surface area contributed by atoms with Crippen LogP contribution in [0, 0.1) is 0 Å². The molecule has 3 rings (SSSR count). The second-order valence-corrected chi connectivity index (χ2v) is 5.15. The second kappa shape index (κ2) is 6.95. The minimum atomic E-state index is -0.386. The number of hydrogen-bond acceptors (Lipinski definition) is 5. The quantitative estimate of drug-likeness (QED) is 0.749.